The zero-order valence-corrected chi connectivity index (χ0v) is 15.9. The molecule has 0 fully saturated rings. The van der Waals surface area contributed by atoms with E-state index in [1.807, 2.05) is 13.8 Å². The van der Waals surface area contributed by atoms with Gasteiger partial charge in [-0.3, -0.25) is 10.1 Å². The van der Waals surface area contributed by atoms with Crippen molar-refractivity contribution >= 4 is 38.9 Å². The summed E-state index contributed by atoms with van der Waals surface area (Å²) < 4.78 is 28.1. The van der Waals surface area contributed by atoms with Gasteiger partial charge in [0.15, 0.2) is 5.11 Å². The Kier molecular flexibility index (Phi) is 6.30. The molecule has 0 aromatic heterocycles. The van der Waals surface area contributed by atoms with Crippen molar-refractivity contribution in [3.05, 3.63) is 54.1 Å². The van der Waals surface area contributed by atoms with E-state index in [2.05, 4.69) is 10.6 Å². The zero-order valence-electron chi connectivity index (χ0n) is 14.2. The molecule has 4 N–H and O–H groups in total. The quantitative estimate of drug-likeness (QED) is 0.672. The van der Waals surface area contributed by atoms with E-state index in [4.69, 9.17) is 22.1 Å². The fourth-order valence-electron chi connectivity index (χ4n) is 2.07. The number of amides is 1. The number of primary sulfonamides is 1. The number of anilines is 1. The fraction of sp³-hybridized carbons (Fsp3) is 0.176. The second kappa shape index (κ2) is 8.26. The first kappa shape index (κ1) is 19.8. The molecule has 0 aliphatic carbocycles. The molecule has 0 radical (unpaired) electrons. The molecule has 7 nitrogen and oxygen atoms in total. The first-order valence-corrected chi connectivity index (χ1v) is 9.63. The Balaban J connectivity index is 2.05. The van der Waals surface area contributed by atoms with E-state index in [1.54, 1.807) is 24.3 Å². The Hall–Kier alpha value is -2.49. The second-order valence-electron chi connectivity index (χ2n) is 5.64. The first-order valence-electron chi connectivity index (χ1n) is 7.67. The number of nitrogens with one attached hydrogen (secondary N) is 2. The van der Waals surface area contributed by atoms with Crippen molar-refractivity contribution in [1.82, 2.24) is 5.32 Å². The number of ether oxygens (including phenoxy) is 1. The van der Waals surface area contributed by atoms with Gasteiger partial charge in [-0.2, -0.15) is 0 Å². The van der Waals surface area contributed by atoms with Crippen molar-refractivity contribution in [3.8, 4) is 5.75 Å². The lowest BCUT2D eigenvalue weighted by atomic mass is 10.2. The Morgan fingerprint density at radius 2 is 1.73 bits per heavy atom. The van der Waals surface area contributed by atoms with Crippen LogP contribution in [0.3, 0.4) is 0 Å². The third kappa shape index (κ3) is 5.51. The third-order valence-corrected chi connectivity index (χ3v) is 4.30. The van der Waals surface area contributed by atoms with Crippen molar-refractivity contribution < 1.29 is 17.9 Å². The first-order chi connectivity index (χ1) is 12.2. The highest BCUT2D eigenvalue weighted by Crippen LogP contribution is 2.19. The lowest BCUT2D eigenvalue weighted by molar-refractivity contribution is 0.0972. The lowest BCUT2D eigenvalue weighted by Crippen LogP contribution is -2.34. The smallest absolute Gasteiger partial charge is 0.261 e. The number of carbonyl (C=O) groups excluding carboxylic acids is 1. The van der Waals surface area contributed by atoms with Crippen LogP contribution < -0.4 is 20.5 Å². The van der Waals surface area contributed by atoms with Crippen molar-refractivity contribution in [1.29, 1.82) is 0 Å². The number of thiocarbonyl (C=S) groups is 1. The van der Waals surface area contributed by atoms with Crippen LogP contribution in [0.2, 0.25) is 0 Å². The molecular formula is C17H19N3O4S2. The van der Waals surface area contributed by atoms with E-state index in [9.17, 15) is 13.2 Å². The van der Waals surface area contributed by atoms with Crippen molar-refractivity contribution in [2.24, 2.45) is 5.14 Å². The molecule has 2 aromatic carbocycles. The Morgan fingerprint density at radius 3 is 2.31 bits per heavy atom. The monoisotopic (exact) mass is 393 g/mol. The van der Waals surface area contributed by atoms with Crippen LogP contribution in [0.25, 0.3) is 0 Å². The summed E-state index contributed by atoms with van der Waals surface area (Å²) in [5.74, 6) is 0.0419. The van der Waals surface area contributed by atoms with Crippen LogP contribution in [0.4, 0.5) is 5.69 Å². The fourth-order valence-corrected chi connectivity index (χ4v) is 2.80. The number of rotatable bonds is 5. The van der Waals surface area contributed by atoms with Crippen LogP contribution in [0.15, 0.2) is 53.4 Å². The van der Waals surface area contributed by atoms with Crippen molar-refractivity contribution in [2.45, 2.75) is 24.8 Å². The van der Waals surface area contributed by atoms with E-state index < -0.39 is 15.9 Å². The molecule has 0 heterocycles. The minimum Gasteiger partial charge on any atom is -0.490 e. The molecule has 0 aliphatic rings. The predicted octanol–water partition coefficient (Wildman–Crippen LogP) is 2.25. The topological polar surface area (TPSA) is 111 Å². The number of nitrogens with two attached hydrogens (primary N) is 1. The van der Waals surface area contributed by atoms with E-state index in [1.165, 1.54) is 24.3 Å². The summed E-state index contributed by atoms with van der Waals surface area (Å²) in [7, 11) is -3.76. The summed E-state index contributed by atoms with van der Waals surface area (Å²) >= 11 is 5.12. The van der Waals surface area contributed by atoms with Crippen LogP contribution in [0.5, 0.6) is 5.75 Å². The van der Waals surface area contributed by atoms with Gasteiger partial charge in [0, 0.05) is 5.69 Å². The Morgan fingerprint density at radius 1 is 1.12 bits per heavy atom. The minimum absolute atomic E-state index is 0.0160. The normalized spacial score (nSPS) is 11.1. The van der Waals surface area contributed by atoms with Gasteiger partial charge in [0.25, 0.3) is 5.91 Å². The van der Waals surface area contributed by atoms with Gasteiger partial charge >= 0.3 is 0 Å². The maximum atomic E-state index is 12.4. The summed E-state index contributed by atoms with van der Waals surface area (Å²) in [6.45, 7) is 3.73. The van der Waals surface area contributed by atoms with Crippen LogP contribution >= 0.6 is 12.2 Å². The van der Waals surface area contributed by atoms with Gasteiger partial charge in [-0.15, -0.1) is 0 Å². The Labute approximate surface area is 157 Å². The molecule has 0 unspecified atom stereocenters. The number of benzene rings is 2. The zero-order chi connectivity index (χ0) is 19.3. The average molecular weight is 393 g/mol. The Bertz CT molecular complexity index is 910. The minimum atomic E-state index is -3.76. The van der Waals surface area contributed by atoms with Crippen LogP contribution in [0.1, 0.15) is 24.2 Å². The maximum absolute atomic E-state index is 12.4. The van der Waals surface area contributed by atoms with Crippen LogP contribution in [0, 0.1) is 0 Å². The lowest BCUT2D eigenvalue weighted by Gasteiger charge is -2.15. The van der Waals surface area contributed by atoms with E-state index in [-0.39, 0.29) is 16.1 Å². The molecule has 0 spiro atoms. The number of hydrogen-bond acceptors (Lipinski definition) is 5. The van der Waals surface area contributed by atoms with Gasteiger partial charge in [0.05, 0.1) is 16.6 Å². The molecule has 0 atom stereocenters. The summed E-state index contributed by atoms with van der Waals surface area (Å²) in [6.07, 6.45) is -0.0774. The molecule has 2 aromatic rings. The molecular weight excluding hydrogens is 374 g/mol. The average Bonchev–Trinajstić information content (AvgIpc) is 2.54. The van der Waals surface area contributed by atoms with Gasteiger partial charge < -0.3 is 10.1 Å². The molecule has 26 heavy (non-hydrogen) atoms. The van der Waals surface area contributed by atoms with Crippen molar-refractivity contribution in [2.75, 3.05) is 5.32 Å². The van der Waals surface area contributed by atoms with Crippen LogP contribution in [-0.4, -0.2) is 25.5 Å². The highest BCUT2D eigenvalue weighted by Gasteiger charge is 2.14. The third-order valence-electron chi connectivity index (χ3n) is 3.16. The number of hydrogen-bond donors (Lipinski definition) is 3. The van der Waals surface area contributed by atoms with Crippen LogP contribution in [-0.2, 0) is 10.0 Å². The number of sulfonamides is 1. The molecule has 9 heteroatoms. The van der Waals surface area contributed by atoms with Gasteiger partial charge in [0.2, 0.25) is 10.0 Å². The molecule has 0 bridgehead atoms. The largest absolute Gasteiger partial charge is 0.490 e. The SMILES string of the molecule is CC(C)Oc1ccccc1C(=O)NC(=S)Nc1ccc(S(N)(=O)=O)cc1. The van der Waals surface area contributed by atoms with Gasteiger partial charge in [-0.05, 0) is 62.5 Å². The highest BCUT2D eigenvalue weighted by atomic mass is 32.2. The summed E-state index contributed by atoms with van der Waals surface area (Å²) in [5, 5.41) is 10.5. The molecule has 138 valence electrons. The second-order valence-corrected chi connectivity index (χ2v) is 7.61. The maximum Gasteiger partial charge on any atom is 0.261 e. The standard InChI is InChI=1S/C17H19N3O4S2/c1-11(2)24-15-6-4-3-5-14(15)16(21)20-17(25)19-12-7-9-13(10-8-12)26(18,22)23/h3-11H,1-2H3,(H2,18,22,23)(H2,19,20,21,25). The van der Waals surface area contributed by atoms with E-state index >= 15 is 0 Å². The number of carbonyl (C=O) groups is 1. The van der Waals surface area contributed by atoms with E-state index in [0.717, 1.165) is 0 Å². The summed E-state index contributed by atoms with van der Waals surface area (Å²) in [6, 6.07) is 12.5. The highest BCUT2D eigenvalue weighted by molar-refractivity contribution is 7.89. The summed E-state index contributed by atoms with van der Waals surface area (Å²) in [5.41, 5.74) is 0.865. The molecule has 2 rings (SSSR count). The predicted molar refractivity (Wildman–Crippen MR) is 104 cm³/mol. The summed E-state index contributed by atoms with van der Waals surface area (Å²) in [4.78, 5) is 12.4. The van der Waals surface area contributed by atoms with Gasteiger partial charge in [0.1, 0.15) is 5.75 Å². The number of para-hydroxylation sites is 1. The van der Waals surface area contributed by atoms with Gasteiger partial charge in [-0.25, -0.2) is 13.6 Å². The van der Waals surface area contributed by atoms with Gasteiger partial charge in [-0.1, -0.05) is 12.1 Å². The van der Waals surface area contributed by atoms with Crippen molar-refractivity contribution in [3.63, 3.8) is 0 Å². The molecule has 1 amide bonds. The van der Waals surface area contributed by atoms with E-state index in [0.29, 0.717) is 17.0 Å². The molecule has 0 saturated heterocycles. The molecule has 0 aliphatic heterocycles. The molecule has 0 saturated carbocycles.